The number of nitrogens with one attached hydrogen (secondary N) is 1. The van der Waals surface area contributed by atoms with Gasteiger partial charge in [0, 0.05) is 24.0 Å². The Morgan fingerprint density at radius 2 is 1.38 bits per heavy atom. The van der Waals surface area contributed by atoms with E-state index in [0.29, 0.717) is 0 Å². The van der Waals surface area contributed by atoms with Crippen LogP contribution in [0.1, 0.15) is 52.4 Å². The highest BCUT2D eigenvalue weighted by atomic mass is 32.2. The van der Waals surface area contributed by atoms with Crippen molar-refractivity contribution in [2.75, 3.05) is 37.7 Å². The molecule has 3 aliphatic rings. The molecule has 5 heteroatoms. The van der Waals surface area contributed by atoms with Crippen molar-refractivity contribution in [3.8, 4) is 0 Å². The molecule has 0 atom stereocenters. The molecule has 0 aromatic heterocycles. The lowest BCUT2D eigenvalue weighted by Gasteiger charge is -2.44. The van der Waals surface area contributed by atoms with E-state index in [2.05, 4.69) is 26.9 Å². The van der Waals surface area contributed by atoms with Gasteiger partial charge in [0.25, 0.3) is 0 Å². The Morgan fingerprint density at radius 3 is 1.92 bits per heavy atom. The number of rotatable bonds is 4. The molecule has 1 amide bonds. The van der Waals surface area contributed by atoms with Gasteiger partial charge in [-0.05, 0) is 90.1 Å². The van der Waals surface area contributed by atoms with Crippen molar-refractivity contribution in [3.05, 3.63) is 0 Å². The van der Waals surface area contributed by atoms with E-state index in [4.69, 9.17) is 0 Å². The molecule has 1 N–H and O–H groups in total. The number of hydrogen-bond donors (Lipinski definition) is 1. The summed E-state index contributed by atoms with van der Waals surface area (Å²) < 4.78 is 0. The monoisotopic (exact) mass is 353 g/mol. The van der Waals surface area contributed by atoms with E-state index in [1.54, 1.807) is 0 Å². The van der Waals surface area contributed by atoms with Crippen LogP contribution in [-0.4, -0.2) is 71.5 Å². The van der Waals surface area contributed by atoms with E-state index in [1.165, 1.54) is 50.3 Å². The Labute approximate surface area is 152 Å². The summed E-state index contributed by atoms with van der Waals surface area (Å²) in [5, 5.41) is 3.08. The molecular formula is C19H35N3OS. The zero-order valence-electron chi connectivity index (χ0n) is 15.5. The van der Waals surface area contributed by atoms with Crippen LogP contribution in [0.15, 0.2) is 0 Å². The van der Waals surface area contributed by atoms with Crippen LogP contribution in [0.5, 0.6) is 0 Å². The van der Waals surface area contributed by atoms with Gasteiger partial charge in [-0.15, -0.1) is 0 Å². The largest absolute Gasteiger partial charge is 0.354 e. The zero-order valence-corrected chi connectivity index (χ0v) is 16.3. The fourth-order valence-corrected chi connectivity index (χ4v) is 5.68. The van der Waals surface area contributed by atoms with Gasteiger partial charge >= 0.3 is 0 Å². The van der Waals surface area contributed by atoms with E-state index >= 15 is 0 Å². The first-order valence-electron chi connectivity index (χ1n) is 9.99. The second-order valence-electron chi connectivity index (χ2n) is 8.08. The van der Waals surface area contributed by atoms with Crippen molar-refractivity contribution in [1.29, 1.82) is 0 Å². The topological polar surface area (TPSA) is 35.6 Å². The number of nitrogens with zero attached hydrogens (tertiary/aromatic N) is 2. The van der Waals surface area contributed by atoms with Crippen LogP contribution in [0.3, 0.4) is 0 Å². The van der Waals surface area contributed by atoms with Crippen LogP contribution in [-0.2, 0) is 4.79 Å². The lowest BCUT2D eigenvalue weighted by atomic mass is 9.92. The van der Waals surface area contributed by atoms with Crippen molar-refractivity contribution in [3.63, 3.8) is 0 Å². The maximum absolute atomic E-state index is 12.2. The summed E-state index contributed by atoms with van der Waals surface area (Å²) in [4.78, 5) is 17.6. The van der Waals surface area contributed by atoms with E-state index < -0.39 is 0 Å². The Balaban J connectivity index is 1.39. The molecule has 3 aliphatic heterocycles. The van der Waals surface area contributed by atoms with E-state index in [9.17, 15) is 4.79 Å². The van der Waals surface area contributed by atoms with Crippen molar-refractivity contribution in [2.24, 2.45) is 5.92 Å². The van der Waals surface area contributed by atoms with Crippen LogP contribution in [0.2, 0.25) is 0 Å². The standard InChI is InChI=1S/C19H35N3OS/c1-15(2)20-19(23)16-3-9-21(10-4-16)17-5-11-22(12-6-17)18-7-13-24-14-8-18/h15-18H,3-14H2,1-2H3,(H,20,23). The molecule has 0 bridgehead atoms. The van der Waals surface area contributed by atoms with E-state index in [0.717, 1.165) is 38.0 Å². The molecule has 0 spiro atoms. The Hall–Kier alpha value is -0.260. The average molecular weight is 354 g/mol. The number of carbonyl (C=O) groups excluding carboxylic acids is 1. The SMILES string of the molecule is CC(C)NC(=O)C1CCN(C2CCN(C3CCSCC3)CC2)CC1. The molecule has 4 nitrogen and oxygen atoms in total. The fraction of sp³-hybridized carbons (Fsp3) is 0.947. The number of thioether (sulfide) groups is 1. The van der Waals surface area contributed by atoms with Crippen LogP contribution in [0.25, 0.3) is 0 Å². The molecule has 3 rings (SSSR count). The second-order valence-corrected chi connectivity index (χ2v) is 9.31. The van der Waals surface area contributed by atoms with Gasteiger partial charge in [0.05, 0.1) is 0 Å². The van der Waals surface area contributed by atoms with Gasteiger partial charge in [-0.25, -0.2) is 0 Å². The minimum Gasteiger partial charge on any atom is -0.354 e. The molecule has 3 saturated heterocycles. The molecule has 24 heavy (non-hydrogen) atoms. The lowest BCUT2D eigenvalue weighted by molar-refractivity contribution is -0.127. The number of piperidine rings is 2. The number of likely N-dealkylation sites (tertiary alicyclic amines) is 2. The highest BCUT2D eigenvalue weighted by molar-refractivity contribution is 7.99. The van der Waals surface area contributed by atoms with E-state index in [1.807, 2.05) is 13.8 Å². The van der Waals surface area contributed by atoms with Crippen molar-refractivity contribution in [1.82, 2.24) is 15.1 Å². The number of amides is 1. The first-order chi connectivity index (χ1) is 11.6. The maximum Gasteiger partial charge on any atom is 0.223 e. The summed E-state index contributed by atoms with van der Waals surface area (Å²) >= 11 is 2.12. The van der Waals surface area contributed by atoms with Gasteiger partial charge in [-0.3, -0.25) is 4.79 Å². The smallest absolute Gasteiger partial charge is 0.223 e. The van der Waals surface area contributed by atoms with Crippen molar-refractivity contribution in [2.45, 2.75) is 70.5 Å². The molecule has 3 heterocycles. The normalized spacial score (nSPS) is 26.8. The third-order valence-electron chi connectivity index (χ3n) is 6.05. The van der Waals surface area contributed by atoms with Crippen LogP contribution >= 0.6 is 11.8 Å². The third kappa shape index (κ3) is 4.89. The molecule has 0 aromatic rings. The third-order valence-corrected chi connectivity index (χ3v) is 7.10. The Bertz CT molecular complexity index is 395. The molecular weight excluding hydrogens is 318 g/mol. The van der Waals surface area contributed by atoms with Crippen molar-refractivity contribution >= 4 is 17.7 Å². The number of carbonyl (C=O) groups is 1. The molecule has 0 unspecified atom stereocenters. The molecule has 0 aliphatic carbocycles. The van der Waals surface area contributed by atoms with E-state index in [-0.39, 0.29) is 17.9 Å². The van der Waals surface area contributed by atoms with Gasteiger partial charge in [0.1, 0.15) is 0 Å². The maximum atomic E-state index is 12.2. The quantitative estimate of drug-likeness (QED) is 0.843. The summed E-state index contributed by atoms with van der Waals surface area (Å²) in [6, 6.07) is 1.88. The van der Waals surface area contributed by atoms with Crippen molar-refractivity contribution < 1.29 is 4.79 Å². The molecule has 0 radical (unpaired) electrons. The minimum atomic E-state index is 0.239. The average Bonchev–Trinajstić information content (AvgIpc) is 2.62. The minimum absolute atomic E-state index is 0.239. The highest BCUT2D eigenvalue weighted by Gasteiger charge is 2.32. The summed E-state index contributed by atoms with van der Waals surface area (Å²) in [5.74, 6) is 3.23. The highest BCUT2D eigenvalue weighted by Crippen LogP contribution is 2.28. The fourth-order valence-electron chi connectivity index (χ4n) is 4.60. The zero-order chi connectivity index (χ0) is 16.9. The second kappa shape index (κ2) is 8.91. The predicted octanol–water partition coefficient (Wildman–Crippen LogP) is 2.58. The molecule has 0 aromatic carbocycles. The van der Waals surface area contributed by atoms with Gasteiger partial charge in [-0.2, -0.15) is 11.8 Å². The van der Waals surface area contributed by atoms with Gasteiger partial charge in [0.15, 0.2) is 0 Å². The number of hydrogen-bond acceptors (Lipinski definition) is 4. The molecule has 0 saturated carbocycles. The van der Waals surface area contributed by atoms with Gasteiger partial charge in [-0.1, -0.05) is 0 Å². The van der Waals surface area contributed by atoms with Gasteiger partial charge in [0.2, 0.25) is 5.91 Å². The Kier molecular flexibility index (Phi) is 6.88. The summed E-state index contributed by atoms with van der Waals surface area (Å²) in [6.45, 7) is 8.89. The first-order valence-corrected chi connectivity index (χ1v) is 11.1. The summed E-state index contributed by atoms with van der Waals surface area (Å²) in [7, 11) is 0. The first kappa shape index (κ1) is 18.5. The van der Waals surface area contributed by atoms with Crippen LogP contribution < -0.4 is 5.32 Å². The summed E-state index contributed by atoms with van der Waals surface area (Å²) in [6.07, 6.45) is 7.52. The molecule has 138 valence electrons. The summed E-state index contributed by atoms with van der Waals surface area (Å²) in [5.41, 5.74) is 0. The lowest BCUT2D eigenvalue weighted by Crippen LogP contribution is -2.51. The molecule has 3 fully saturated rings. The van der Waals surface area contributed by atoms with Crippen LogP contribution in [0.4, 0.5) is 0 Å². The predicted molar refractivity (Wildman–Crippen MR) is 103 cm³/mol. The van der Waals surface area contributed by atoms with Gasteiger partial charge < -0.3 is 15.1 Å². The Morgan fingerprint density at radius 1 is 0.875 bits per heavy atom. The van der Waals surface area contributed by atoms with Crippen LogP contribution in [0, 0.1) is 5.92 Å².